The Kier molecular flexibility index (Phi) is 4.55. The third kappa shape index (κ3) is 3.33. The van der Waals surface area contributed by atoms with Gasteiger partial charge in [-0.2, -0.15) is 0 Å². The summed E-state index contributed by atoms with van der Waals surface area (Å²) in [6.45, 7) is 2.04. The number of urea groups is 1. The molecule has 0 radical (unpaired) electrons. The highest BCUT2D eigenvalue weighted by Gasteiger charge is 2.43. The summed E-state index contributed by atoms with van der Waals surface area (Å²) in [5, 5.41) is 3.00. The van der Waals surface area contributed by atoms with Crippen LogP contribution in [0.5, 0.6) is 0 Å². The monoisotopic (exact) mass is 315 g/mol. The van der Waals surface area contributed by atoms with Gasteiger partial charge in [-0.3, -0.25) is 4.79 Å². The zero-order valence-corrected chi connectivity index (χ0v) is 13.8. The van der Waals surface area contributed by atoms with Gasteiger partial charge in [0.25, 0.3) is 0 Å². The number of rotatable bonds is 2. The standard InChI is InChI=1S/C18H25N3O2/c1-20-16(22)8-10-18(20)9-5-12-21(13-11-18)17(23)19-14-15-6-3-2-4-7-15/h2-4,6-7H,5,8-14H2,1H3,(H,19,23). The fourth-order valence-electron chi connectivity index (χ4n) is 3.79. The van der Waals surface area contributed by atoms with Gasteiger partial charge < -0.3 is 15.1 Å². The van der Waals surface area contributed by atoms with Gasteiger partial charge in [-0.1, -0.05) is 30.3 Å². The Bertz CT molecular complexity index is 575. The molecule has 2 fully saturated rings. The Morgan fingerprint density at radius 1 is 1.17 bits per heavy atom. The van der Waals surface area contributed by atoms with Crippen molar-refractivity contribution in [3.63, 3.8) is 0 Å². The van der Waals surface area contributed by atoms with Gasteiger partial charge in [0.1, 0.15) is 0 Å². The zero-order chi connectivity index (χ0) is 16.3. The number of hydrogen-bond acceptors (Lipinski definition) is 2. The average Bonchev–Trinajstić information content (AvgIpc) is 2.77. The summed E-state index contributed by atoms with van der Waals surface area (Å²) in [5.74, 6) is 0.243. The van der Waals surface area contributed by atoms with E-state index in [0.29, 0.717) is 13.0 Å². The summed E-state index contributed by atoms with van der Waals surface area (Å²) in [7, 11) is 1.92. The highest BCUT2D eigenvalue weighted by atomic mass is 16.2. The first-order valence-corrected chi connectivity index (χ1v) is 8.44. The zero-order valence-electron chi connectivity index (χ0n) is 13.8. The van der Waals surface area contributed by atoms with Crippen LogP contribution in [0.25, 0.3) is 0 Å². The largest absolute Gasteiger partial charge is 0.340 e. The van der Waals surface area contributed by atoms with Gasteiger partial charge in [0, 0.05) is 38.6 Å². The van der Waals surface area contributed by atoms with Crippen LogP contribution >= 0.6 is 0 Å². The van der Waals surface area contributed by atoms with Crippen LogP contribution in [0.4, 0.5) is 4.79 Å². The summed E-state index contributed by atoms with van der Waals surface area (Å²) >= 11 is 0. The van der Waals surface area contributed by atoms with Crippen molar-refractivity contribution in [1.29, 1.82) is 0 Å². The van der Waals surface area contributed by atoms with Crippen molar-refractivity contribution < 1.29 is 9.59 Å². The van der Waals surface area contributed by atoms with Crippen LogP contribution in [0, 0.1) is 0 Å². The molecular formula is C18H25N3O2. The Balaban J connectivity index is 1.55. The molecule has 1 aromatic carbocycles. The number of likely N-dealkylation sites (tertiary alicyclic amines) is 2. The molecule has 0 saturated carbocycles. The molecule has 23 heavy (non-hydrogen) atoms. The maximum atomic E-state index is 12.4. The first-order chi connectivity index (χ1) is 11.1. The van der Waals surface area contributed by atoms with Crippen molar-refractivity contribution in [3.8, 4) is 0 Å². The Labute approximate surface area is 137 Å². The van der Waals surface area contributed by atoms with Crippen molar-refractivity contribution in [2.45, 2.75) is 44.2 Å². The summed E-state index contributed by atoms with van der Waals surface area (Å²) in [6, 6.07) is 9.94. The molecule has 1 unspecified atom stereocenters. The topological polar surface area (TPSA) is 52.7 Å². The molecule has 0 aliphatic carbocycles. The summed E-state index contributed by atoms with van der Waals surface area (Å²) in [6.07, 6.45) is 4.42. The maximum Gasteiger partial charge on any atom is 0.317 e. The summed E-state index contributed by atoms with van der Waals surface area (Å²) in [4.78, 5) is 28.1. The second-order valence-corrected chi connectivity index (χ2v) is 6.66. The molecule has 1 atom stereocenters. The molecule has 2 aliphatic rings. The molecule has 2 saturated heterocycles. The Morgan fingerprint density at radius 3 is 2.65 bits per heavy atom. The minimum absolute atomic E-state index is 0.00196. The predicted molar refractivity (Wildman–Crippen MR) is 88.8 cm³/mol. The third-order valence-electron chi connectivity index (χ3n) is 5.38. The van der Waals surface area contributed by atoms with Gasteiger partial charge in [0.15, 0.2) is 0 Å². The lowest BCUT2D eigenvalue weighted by molar-refractivity contribution is -0.129. The van der Waals surface area contributed by atoms with Crippen molar-refractivity contribution >= 4 is 11.9 Å². The van der Waals surface area contributed by atoms with Crippen molar-refractivity contribution in [2.24, 2.45) is 0 Å². The minimum atomic E-state index is -0.0223. The lowest BCUT2D eigenvalue weighted by Gasteiger charge is -2.35. The van der Waals surface area contributed by atoms with Crippen LogP contribution < -0.4 is 5.32 Å². The Morgan fingerprint density at radius 2 is 1.96 bits per heavy atom. The molecule has 124 valence electrons. The number of hydrogen-bond donors (Lipinski definition) is 1. The van der Waals surface area contributed by atoms with Gasteiger partial charge in [0.05, 0.1) is 0 Å². The van der Waals surface area contributed by atoms with E-state index in [1.54, 1.807) is 0 Å². The number of benzene rings is 1. The van der Waals surface area contributed by atoms with E-state index < -0.39 is 0 Å². The molecule has 0 aromatic heterocycles. The first-order valence-electron chi connectivity index (χ1n) is 8.44. The van der Waals surface area contributed by atoms with E-state index in [-0.39, 0.29) is 17.5 Å². The van der Waals surface area contributed by atoms with Crippen LogP contribution in [0.1, 0.15) is 37.7 Å². The molecule has 0 bridgehead atoms. The van der Waals surface area contributed by atoms with Crippen molar-refractivity contribution in [2.75, 3.05) is 20.1 Å². The van der Waals surface area contributed by atoms with E-state index in [1.807, 2.05) is 47.2 Å². The van der Waals surface area contributed by atoms with E-state index >= 15 is 0 Å². The van der Waals surface area contributed by atoms with Gasteiger partial charge in [-0.25, -0.2) is 4.79 Å². The SMILES string of the molecule is CN1C(=O)CCC12CCCN(C(=O)NCc1ccccc1)CC2. The quantitative estimate of drug-likeness (QED) is 0.911. The molecule has 5 heteroatoms. The van der Waals surface area contributed by atoms with Gasteiger partial charge >= 0.3 is 6.03 Å². The lowest BCUT2D eigenvalue weighted by Crippen LogP contribution is -2.45. The van der Waals surface area contributed by atoms with E-state index in [1.165, 1.54) is 0 Å². The fourth-order valence-corrected chi connectivity index (χ4v) is 3.79. The number of nitrogens with zero attached hydrogens (tertiary/aromatic N) is 2. The van der Waals surface area contributed by atoms with Crippen LogP contribution in [0.2, 0.25) is 0 Å². The molecule has 1 spiro atoms. The summed E-state index contributed by atoms with van der Waals surface area (Å²) in [5.41, 5.74) is 1.08. The molecular weight excluding hydrogens is 290 g/mol. The highest BCUT2D eigenvalue weighted by molar-refractivity contribution is 5.79. The first kappa shape index (κ1) is 15.8. The Hall–Kier alpha value is -2.04. The number of nitrogens with one attached hydrogen (secondary N) is 1. The minimum Gasteiger partial charge on any atom is -0.340 e. The third-order valence-corrected chi connectivity index (χ3v) is 5.38. The molecule has 3 amide bonds. The van der Waals surface area contributed by atoms with Crippen LogP contribution in [0.3, 0.4) is 0 Å². The molecule has 1 aromatic rings. The van der Waals surface area contributed by atoms with Crippen molar-refractivity contribution in [3.05, 3.63) is 35.9 Å². The van der Waals surface area contributed by atoms with Crippen LogP contribution in [-0.2, 0) is 11.3 Å². The van der Waals surface area contributed by atoms with E-state index in [0.717, 1.165) is 44.3 Å². The second-order valence-electron chi connectivity index (χ2n) is 6.66. The van der Waals surface area contributed by atoms with E-state index in [4.69, 9.17) is 0 Å². The van der Waals surface area contributed by atoms with Crippen LogP contribution in [0.15, 0.2) is 30.3 Å². The molecule has 2 aliphatic heterocycles. The van der Waals surface area contributed by atoms with Gasteiger partial charge in [0.2, 0.25) is 5.91 Å². The van der Waals surface area contributed by atoms with Crippen LogP contribution in [-0.4, -0.2) is 47.4 Å². The smallest absolute Gasteiger partial charge is 0.317 e. The number of carbonyl (C=O) groups is 2. The van der Waals surface area contributed by atoms with Gasteiger partial charge in [-0.15, -0.1) is 0 Å². The molecule has 3 rings (SSSR count). The van der Waals surface area contributed by atoms with Crippen molar-refractivity contribution in [1.82, 2.24) is 15.1 Å². The second kappa shape index (κ2) is 6.60. The average molecular weight is 315 g/mol. The fraction of sp³-hybridized carbons (Fsp3) is 0.556. The predicted octanol–water partition coefficient (Wildman–Crippen LogP) is 2.37. The normalized spacial score (nSPS) is 24.8. The molecule has 2 heterocycles. The number of carbonyl (C=O) groups excluding carboxylic acids is 2. The molecule has 5 nitrogen and oxygen atoms in total. The summed E-state index contributed by atoms with van der Waals surface area (Å²) < 4.78 is 0. The van der Waals surface area contributed by atoms with E-state index in [9.17, 15) is 9.59 Å². The number of amides is 3. The van der Waals surface area contributed by atoms with Gasteiger partial charge in [-0.05, 0) is 31.2 Å². The lowest BCUT2D eigenvalue weighted by atomic mass is 9.88. The van der Waals surface area contributed by atoms with E-state index in [2.05, 4.69) is 5.32 Å². The molecule has 1 N–H and O–H groups in total. The maximum absolute atomic E-state index is 12.4. The highest BCUT2D eigenvalue weighted by Crippen LogP contribution is 2.37.